The van der Waals surface area contributed by atoms with Crippen molar-refractivity contribution in [3.05, 3.63) is 57.9 Å². The molecule has 1 aliphatic heterocycles. The summed E-state index contributed by atoms with van der Waals surface area (Å²) in [6.07, 6.45) is 12.7. The molecule has 0 spiro atoms. The molecule has 0 atom stereocenters. The zero-order valence-electron chi connectivity index (χ0n) is 14.5. The van der Waals surface area contributed by atoms with Crippen molar-refractivity contribution >= 4 is 22.4 Å². The van der Waals surface area contributed by atoms with Gasteiger partial charge < -0.3 is 19.6 Å². The van der Waals surface area contributed by atoms with Crippen molar-refractivity contribution in [2.75, 3.05) is 31.2 Å². The Bertz CT molecular complexity index is 924. The molecule has 3 heterocycles. The number of morpholine rings is 1. The molecule has 2 aromatic heterocycles. The number of H-pyrrole nitrogens is 2. The maximum Gasteiger partial charge on any atom is 0.207 e. The highest BCUT2D eigenvalue weighted by Crippen LogP contribution is 2.27. The number of nitrogens with one attached hydrogen (secondary N) is 2. The SMILES string of the molecule is C/C1=C/C=C(c2c[nH]c3c(=O)cc(N4CCOCC4)[nH]c23)\C=C/CC1. The summed E-state index contributed by atoms with van der Waals surface area (Å²) >= 11 is 0. The Balaban J connectivity index is 1.82. The molecule has 0 unspecified atom stereocenters. The average Bonchev–Trinajstić information content (AvgIpc) is 3.04. The van der Waals surface area contributed by atoms with Crippen molar-refractivity contribution in [1.82, 2.24) is 9.97 Å². The molecule has 2 aromatic rings. The van der Waals surface area contributed by atoms with Gasteiger partial charge in [-0.1, -0.05) is 29.9 Å². The van der Waals surface area contributed by atoms with E-state index < -0.39 is 0 Å². The predicted molar refractivity (Wildman–Crippen MR) is 102 cm³/mol. The zero-order chi connectivity index (χ0) is 17.2. The lowest BCUT2D eigenvalue weighted by Gasteiger charge is -2.28. The van der Waals surface area contributed by atoms with Gasteiger partial charge in [0.25, 0.3) is 0 Å². The topological polar surface area (TPSA) is 61.1 Å². The number of nitrogens with zero attached hydrogens (tertiary/aromatic N) is 1. The maximum absolute atomic E-state index is 12.6. The molecule has 1 fully saturated rings. The van der Waals surface area contributed by atoms with Crippen molar-refractivity contribution in [2.24, 2.45) is 0 Å². The van der Waals surface area contributed by atoms with Crippen LogP contribution in [0.2, 0.25) is 0 Å². The fourth-order valence-electron chi connectivity index (χ4n) is 3.38. The van der Waals surface area contributed by atoms with E-state index in [1.54, 1.807) is 6.07 Å². The van der Waals surface area contributed by atoms with E-state index in [0.29, 0.717) is 18.7 Å². The average molecular weight is 337 g/mol. The fraction of sp³-hybridized carbons (Fsp3) is 0.350. The first-order chi connectivity index (χ1) is 12.2. The van der Waals surface area contributed by atoms with E-state index in [2.05, 4.69) is 46.1 Å². The normalized spacial score (nSPS) is 24.1. The van der Waals surface area contributed by atoms with Crippen LogP contribution in [-0.2, 0) is 4.74 Å². The molecule has 25 heavy (non-hydrogen) atoms. The van der Waals surface area contributed by atoms with Crippen LogP contribution in [0.4, 0.5) is 5.82 Å². The lowest BCUT2D eigenvalue weighted by atomic mass is 10.0. The van der Waals surface area contributed by atoms with Gasteiger partial charge in [-0.05, 0) is 25.3 Å². The van der Waals surface area contributed by atoms with Crippen LogP contribution in [0.25, 0.3) is 16.6 Å². The summed E-state index contributed by atoms with van der Waals surface area (Å²) in [7, 11) is 0. The Labute approximate surface area is 146 Å². The summed E-state index contributed by atoms with van der Waals surface area (Å²) in [6.45, 7) is 5.13. The second kappa shape index (κ2) is 6.76. The Morgan fingerprint density at radius 3 is 2.84 bits per heavy atom. The van der Waals surface area contributed by atoms with E-state index in [9.17, 15) is 4.79 Å². The number of aromatic amines is 2. The highest BCUT2D eigenvalue weighted by Gasteiger charge is 2.16. The number of rotatable bonds is 2. The highest BCUT2D eigenvalue weighted by molar-refractivity contribution is 5.93. The molecule has 4 rings (SSSR count). The van der Waals surface area contributed by atoms with Gasteiger partial charge in [0.1, 0.15) is 11.3 Å². The number of hydrogen-bond acceptors (Lipinski definition) is 3. The Morgan fingerprint density at radius 2 is 2.00 bits per heavy atom. The molecular formula is C20H23N3O2. The molecule has 0 amide bonds. The van der Waals surface area contributed by atoms with E-state index >= 15 is 0 Å². The van der Waals surface area contributed by atoms with Crippen molar-refractivity contribution < 1.29 is 4.74 Å². The van der Waals surface area contributed by atoms with Gasteiger partial charge in [0.05, 0.1) is 18.7 Å². The lowest BCUT2D eigenvalue weighted by molar-refractivity contribution is 0.122. The minimum Gasteiger partial charge on any atom is -0.378 e. The molecule has 0 bridgehead atoms. The monoisotopic (exact) mass is 337 g/mol. The van der Waals surface area contributed by atoms with Crippen LogP contribution in [0.5, 0.6) is 0 Å². The van der Waals surface area contributed by atoms with Gasteiger partial charge in [-0.3, -0.25) is 4.79 Å². The fourth-order valence-corrected chi connectivity index (χ4v) is 3.38. The van der Waals surface area contributed by atoms with Gasteiger partial charge in [0.2, 0.25) is 5.43 Å². The summed E-state index contributed by atoms with van der Waals surface area (Å²) in [5, 5.41) is 0. The van der Waals surface area contributed by atoms with Crippen molar-refractivity contribution in [1.29, 1.82) is 0 Å². The molecule has 1 aliphatic carbocycles. The number of hydrogen-bond donors (Lipinski definition) is 2. The molecule has 0 aromatic carbocycles. The van der Waals surface area contributed by atoms with Crippen LogP contribution in [0, 0.1) is 0 Å². The third-order valence-electron chi connectivity index (χ3n) is 4.86. The molecule has 5 heteroatoms. The Kier molecular flexibility index (Phi) is 4.32. The molecule has 0 saturated carbocycles. The third-order valence-corrected chi connectivity index (χ3v) is 4.86. The summed E-state index contributed by atoms with van der Waals surface area (Å²) in [5.41, 5.74) is 5.03. The quantitative estimate of drug-likeness (QED) is 0.883. The number of aromatic nitrogens is 2. The second-order valence-electron chi connectivity index (χ2n) is 6.65. The van der Waals surface area contributed by atoms with E-state index in [1.807, 2.05) is 6.20 Å². The Hall–Kier alpha value is -2.53. The largest absolute Gasteiger partial charge is 0.378 e. The summed E-state index contributed by atoms with van der Waals surface area (Å²) < 4.78 is 5.41. The summed E-state index contributed by atoms with van der Waals surface area (Å²) in [5.74, 6) is 0.865. The standard InChI is InChI=1S/C20H23N3O2/c1-14-4-2-3-5-15(7-6-14)16-13-21-20-17(24)12-18(22-19(16)20)23-8-10-25-11-9-23/h3,5-7,12-13,21H,2,4,8-11H2,1H3,(H,22,24)/b5-3-,14-6-,15-7+. The Morgan fingerprint density at radius 1 is 1.16 bits per heavy atom. The molecule has 1 saturated heterocycles. The molecule has 5 nitrogen and oxygen atoms in total. The molecule has 0 radical (unpaired) electrons. The van der Waals surface area contributed by atoms with Gasteiger partial charge in [-0.2, -0.15) is 0 Å². The minimum atomic E-state index is 0.0173. The maximum atomic E-state index is 12.6. The first-order valence-electron chi connectivity index (χ1n) is 8.84. The number of ether oxygens (including phenoxy) is 1. The first kappa shape index (κ1) is 16.0. The van der Waals surface area contributed by atoms with Crippen molar-refractivity contribution in [2.45, 2.75) is 19.8 Å². The van der Waals surface area contributed by atoms with Crippen LogP contribution < -0.4 is 10.3 Å². The highest BCUT2D eigenvalue weighted by atomic mass is 16.5. The zero-order valence-corrected chi connectivity index (χ0v) is 14.5. The minimum absolute atomic E-state index is 0.0173. The first-order valence-corrected chi connectivity index (χ1v) is 8.84. The van der Waals surface area contributed by atoms with Crippen molar-refractivity contribution in [3.63, 3.8) is 0 Å². The molecule has 2 aliphatic rings. The summed E-state index contributed by atoms with van der Waals surface area (Å²) in [6, 6.07) is 1.68. The van der Waals surface area contributed by atoms with E-state index in [1.165, 1.54) is 5.57 Å². The van der Waals surface area contributed by atoms with E-state index in [0.717, 1.165) is 48.4 Å². The molecule has 2 N–H and O–H groups in total. The van der Waals surface area contributed by atoms with Crippen molar-refractivity contribution in [3.8, 4) is 0 Å². The smallest absolute Gasteiger partial charge is 0.207 e. The van der Waals surface area contributed by atoms with E-state index in [-0.39, 0.29) is 5.43 Å². The number of pyridine rings is 1. The number of fused-ring (bicyclic) bond motifs is 1. The van der Waals surface area contributed by atoms with Crippen LogP contribution in [-0.4, -0.2) is 36.3 Å². The predicted octanol–water partition coefficient (Wildman–Crippen LogP) is 3.37. The number of allylic oxidation sites excluding steroid dienone is 6. The molecular weight excluding hydrogens is 314 g/mol. The van der Waals surface area contributed by atoms with Gasteiger partial charge in [-0.25, -0.2) is 0 Å². The van der Waals surface area contributed by atoms with Gasteiger partial charge in [0.15, 0.2) is 0 Å². The van der Waals surface area contributed by atoms with Gasteiger partial charge in [0, 0.05) is 30.9 Å². The van der Waals surface area contributed by atoms with Gasteiger partial charge in [-0.15, -0.1) is 0 Å². The number of anilines is 1. The molecule has 130 valence electrons. The van der Waals surface area contributed by atoms with Crippen LogP contribution in [0.3, 0.4) is 0 Å². The third kappa shape index (κ3) is 3.20. The second-order valence-corrected chi connectivity index (χ2v) is 6.65. The lowest BCUT2D eigenvalue weighted by Crippen LogP contribution is -2.37. The summed E-state index contributed by atoms with van der Waals surface area (Å²) in [4.78, 5) is 21.4. The van der Waals surface area contributed by atoms with Gasteiger partial charge >= 0.3 is 0 Å². The van der Waals surface area contributed by atoms with Crippen LogP contribution in [0.15, 0.2) is 46.9 Å². The van der Waals surface area contributed by atoms with Crippen LogP contribution >= 0.6 is 0 Å². The van der Waals surface area contributed by atoms with Crippen LogP contribution in [0.1, 0.15) is 25.3 Å². The van der Waals surface area contributed by atoms with E-state index in [4.69, 9.17) is 4.74 Å².